The van der Waals surface area contributed by atoms with Crippen molar-refractivity contribution in [2.45, 2.75) is 78.6 Å². The molecule has 0 spiro atoms. The van der Waals surface area contributed by atoms with E-state index in [1.54, 1.807) is 16.7 Å². The van der Waals surface area contributed by atoms with E-state index in [4.69, 9.17) is 38.6 Å². The molecule has 6 heterocycles. The standard InChI is InChI=1S/C23H28N4OS.C21H26N4O3S.C21H24N4O3S/c1-15(2)20-14-21(17(4)13-16(20)3)22-24-25-23(29)27(22)19-7-5-18(6-8-19)26-9-11-28-12-10-26;2*1-13(2)16-11-17(19(27)12-18(16)26)20-22-23-21(29)25(20)15-5-3-14(4-6-15)24-7-9-28-10-8-24/h5-8,13-15H,9-12H2,1-4H3,(H,25,29);3-6,11-13,21,23,26-27,29H,7-10H2,1-2H3;3-6,11-13,26-27H,7-10H2,1-2H3,(H,23,29). The van der Waals surface area contributed by atoms with Crippen LogP contribution in [-0.2, 0) is 14.2 Å². The topological polar surface area (TPSA) is 213 Å². The highest BCUT2D eigenvalue weighted by Gasteiger charge is 2.31. The van der Waals surface area contributed by atoms with Gasteiger partial charge in [-0.25, -0.2) is 0 Å². The Hall–Kier alpha value is -7.86. The first-order chi connectivity index (χ1) is 41.9. The monoisotopic (exact) mass is 1230 g/mol. The van der Waals surface area contributed by atoms with Gasteiger partial charge in [0.1, 0.15) is 23.0 Å². The third-order valence-corrected chi connectivity index (χ3v) is 17.0. The van der Waals surface area contributed by atoms with Crippen LogP contribution in [0.2, 0.25) is 0 Å². The molecule has 1 atom stereocenters. The number of aromatic amines is 2. The van der Waals surface area contributed by atoms with Crippen molar-refractivity contribution in [2.75, 3.05) is 98.5 Å². The SMILES string of the molecule is CC(C)c1cc(-c2n[nH]c(=S)n2-c2ccc(N3CCOCC3)cc2)c(O)cc1O.CC(C)c1cc(C2=NNC(S)N2c2ccc(N3CCOCC3)cc2)c(O)cc1O.Cc1cc(C)c(C(C)C)cc1-c1n[nH]c(=S)n1-c1ccc(N2CCOCC2)cc1. The van der Waals surface area contributed by atoms with Crippen LogP contribution in [0.4, 0.5) is 22.7 Å². The minimum absolute atomic E-state index is 0.0233. The lowest BCUT2D eigenvalue weighted by atomic mass is 9.93. The van der Waals surface area contributed by atoms with Gasteiger partial charge < -0.3 is 49.3 Å². The smallest absolute Gasteiger partial charge is 0.200 e. The fourth-order valence-corrected chi connectivity index (χ4v) is 12.1. The van der Waals surface area contributed by atoms with E-state index in [2.05, 4.69) is 147 Å². The number of hydrazone groups is 1. The average molecular weight is 1240 g/mol. The first-order valence-electron chi connectivity index (χ1n) is 29.5. The van der Waals surface area contributed by atoms with Crippen molar-refractivity contribution >= 4 is 65.6 Å². The van der Waals surface area contributed by atoms with Crippen LogP contribution < -0.4 is 25.0 Å². The Morgan fingerprint density at radius 2 is 0.816 bits per heavy atom. The number of H-pyrrole nitrogens is 2. The maximum absolute atomic E-state index is 10.5. The summed E-state index contributed by atoms with van der Waals surface area (Å²) in [6, 6.07) is 35.6. The molecule has 458 valence electrons. The first-order valence-corrected chi connectivity index (χ1v) is 30.9. The number of morpholine rings is 3. The van der Waals surface area contributed by atoms with E-state index in [0.717, 1.165) is 130 Å². The Balaban J connectivity index is 0.000000144. The molecule has 12 rings (SSSR count). The number of phenols is 4. The van der Waals surface area contributed by atoms with Crippen molar-refractivity contribution in [3.05, 3.63) is 152 Å². The fourth-order valence-electron chi connectivity index (χ4n) is 11.4. The number of aromatic hydroxyl groups is 4. The normalized spacial score (nSPS) is 16.2. The van der Waals surface area contributed by atoms with Crippen LogP contribution in [0.15, 0.2) is 114 Å². The van der Waals surface area contributed by atoms with Gasteiger partial charge in [-0.3, -0.25) is 29.7 Å². The number of anilines is 4. The van der Waals surface area contributed by atoms with Crippen LogP contribution >= 0.6 is 37.1 Å². The summed E-state index contributed by atoms with van der Waals surface area (Å²) in [6.07, 6.45) is 0. The maximum Gasteiger partial charge on any atom is 0.200 e. The van der Waals surface area contributed by atoms with Crippen LogP contribution in [0.3, 0.4) is 0 Å². The van der Waals surface area contributed by atoms with Crippen LogP contribution in [0.1, 0.15) is 92.7 Å². The lowest BCUT2D eigenvalue weighted by Crippen LogP contribution is -2.37. The molecule has 0 radical (unpaired) electrons. The molecule has 19 nitrogen and oxygen atoms in total. The largest absolute Gasteiger partial charge is 0.508 e. The van der Waals surface area contributed by atoms with Crippen molar-refractivity contribution in [1.29, 1.82) is 0 Å². The van der Waals surface area contributed by atoms with Crippen LogP contribution in [0.5, 0.6) is 23.0 Å². The van der Waals surface area contributed by atoms with Crippen LogP contribution in [-0.4, -0.2) is 140 Å². The number of rotatable bonds is 12. The maximum atomic E-state index is 10.5. The van der Waals surface area contributed by atoms with Gasteiger partial charge >= 0.3 is 0 Å². The lowest BCUT2D eigenvalue weighted by Gasteiger charge is -2.30. The van der Waals surface area contributed by atoms with Crippen molar-refractivity contribution in [3.63, 3.8) is 0 Å². The number of hydrogen-bond donors (Lipinski definition) is 8. The zero-order valence-electron chi connectivity index (χ0n) is 50.5. The highest BCUT2D eigenvalue weighted by atomic mass is 32.1. The lowest BCUT2D eigenvalue weighted by molar-refractivity contribution is 0.122. The summed E-state index contributed by atoms with van der Waals surface area (Å²) in [6.45, 7) is 26.6. The Bertz CT molecular complexity index is 3650. The Morgan fingerprint density at radius 3 is 1.23 bits per heavy atom. The molecule has 1 unspecified atom stereocenters. The zero-order valence-corrected chi connectivity index (χ0v) is 53.0. The Morgan fingerprint density at radius 1 is 0.460 bits per heavy atom. The summed E-state index contributed by atoms with van der Waals surface area (Å²) < 4.78 is 21.1. The van der Waals surface area contributed by atoms with E-state index < -0.39 is 0 Å². The number of benzene rings is 6. The molecule has 0 bridgehead atoms. The fraction of sp³-hybridized carbons (Fsp3) is 0.369. The first kappa shape index (κ1) is 62.2. The van der Waals surface area contributed by atoms with E-state index >= 15 is 0 Å². The van der Waals surface area contributed by atoms with Crippen LogP contribution in [0, 0.1) is 23.4 Å². The van der Waals surface area contributed by atoms with Crippen molar-refractivity contribution in [3.8, 4) is 57.1 Å². The molecule has 87 heavy (non-hydrogen) atoms. The average Bonchev–Trinajstić information content (AvgIpc) is 1.92. The molecule has 6 aromatic carbocycles. The summed E-state index contributed by atoms with van der Waals surface area (Å²) >= 11 is 15.6. The summed E-state index contributed by atoms with van der Waals surface area (Å²) in [5.74, 6) is 2.64. The van der Waals surface area contributed by atoms with Gasteiger partial charge in [0, 0.05) is 79.7 Å². The third kappa shape index (κ3) is 13.8. The number of nitrogens with one attached hydrogen (secondary N) is 3. The quantitative estimate of drug-likeness (QED) is 0.0422. The van der Waals surface area contributed by atoms with Crippen molar-refractivity contribution in [1.82, 2.24) is 35.0 Å². The van der Waals surface area contributed by atoms with E-state index in [1.807, 2.05) is 61.4 Å². The number of ether oxygens (including phenoxy) is 3. The second-order valence-corrected chi connectivity index (χ2v) is 24.1. The molecule has 8 aromatic rings. The van der Waals surface area contributed by atoms with Gasteiger partial charge in [0.05, 0.1) is 62.1 Å². The molecule has 0 aliphatic carbocycles. The number of amidine groups is 1. The van der Waals surface area contributed by atoms with Gasteiger partial charge in [-0.05, 0) is 175 Å². The second kappa shape index (κ2) is 27.5. The number of phenolic OH excluding ortho intramolecular Hbond substituents is 4. The number of hydrogen-bond acceptors (Lipinski definition) is 18. The summed E-state index contributed by atoms with van der Waals surface area (Å²) in [4.78, 5) is 8.84. The minimum atomic E-state index is -0.366. The second-order valence-electron chi connectivity index (χ2n) is 22.9. The van der Waals surface area contributed by atoms with E-state index in [0.29, 0.717) is 38.2 Å². The molecule has 0 saturated carbocycles. The molecule has 0 amide bonds. The number of aromatic nitrogens is 6. The number of nitrogens with zero attached hydrogens (tertiary/aromatic N) is 9. The molecule has 2 aromatic heterocycles. The van der Waals surface area contributed by atoms with Gasteiger partial charge in [-0.15, -0.1) is 12.6 Å². The number of aryl methyl sites for hydroxylation is 2. The summed E-state index contributed by atoms with van der Waals surface area (Å²) in [5, 5.41) is 60.4. The molecule has 3 saturated heterocycles. The van der Waals surface area contributed by atoms with Crippen LogP contribution in [0.25, 0.3) is 34.2 Å². The van der Waals surface area contributed by atoms with E-state index in [1.165, 1.54) is 34.5 Å². The predicted octanol–water partition coefficient (Wildman–Crippen LogP) is 12.2. The third-order valence-electron chi connectivity index (χ3n) is 16.1. The number of thiol groups is 1. The van der Waals surface area contributed by atoms with Crippen molar-refractivity contribution in [2.24, 2.45) is 5.10 Å². The molecular weight excluding hydrogens is 1160 g/mol. The molecule has 4 aliphatic heterocycles. The molecule has 7 N–H and O–H groups in total. The zero-order chi connectivity index (χ0) is 61.6. The van der Waals surface area contributed by atoms with Crippen molar-refractivity contribution < 1.29 is 34.6 Å². The van der Waals surface area contributed by atoms with Gasteiger partial charge in [0.15, 0.2) is 32.5 Å². The van der Waals surface area contributed by atoms with Gasteiger partial charge in [0.2, 0.25) is 0 Å². The molecule has 4 aliphatic rings. The Kier molecular flexibility index (Phi) is 19.6. The summed E-state index contributed by atoms with van der Waals surface area (Å²) in [7, 11) is 0. The highest BCUT2D eigenvalue weighted by Crippen LogP contribution is 2.40. The summed E-state index contributed by atoms with van der Waals surface area (Å²) in [5.41, 5.74) is 16.4. The molecular formula is C65H78N12O7S3. The highest BCUT2D eigenvalue weighted by molar-refractivity contribution is 7.81. The predicted molar refractivity (Wildman–Crippen MR) is 354 cm³/mol. The Labute approximate surface area is 523 Å². The minimum Gasteiger partial charge on any atom is -0.508 e. The van der Waals surface area contributed by atoms with E-state index in [9.17, 15) is 20.4 Å². The molecule has 22 heteroatoms. The van der Waals surface area contributed by atoms with Gasteiger partial charge in [-0.2, -0.15) is 15.3 Å². The van der Waals surface area contributed by atoms with Gasteiger partial charge in [0.25, 0.3) is 0 Å². The van der Waals surface area contributed by atoms with Gasteiger partial charge in [-0.1, -0.05) is 47.6 Å². The molecule has 3 fully saturated rings. The van der Waals surface area contributed by atoms with E-state index in [-0.39, 0.29) is 40.3 Å².